The molecule has 1 aromatic carbocycles. The van der Waals surface area contributed by atoms with Gasteiger partial charge in [-0.3, -0.25) is 0 Å². The fourth-order valence-corrected chi connectivity index (χ4v) is 2.98. The largest absolute Gasteiger partial charge is 0.495 e. The minimum Gasteiger partial charge on any atom is -0.495 e. The number of hydrogen-bond acceptors (Lipinski definition) is 4. The van der Waals surface area contributed by atoms with Gasteiger partial charge in [-0.2, -0.15) is 5.26 Å². The molecule has 5 nitrogen and oxygen atoms in total. The maximum atomic E-state index is 9.12. The molecule has 2 aromatic rings. The Morgan fingerprint density at radius 1 is 1.50 bits per heavy atom. The molecule has 0 unspecified atom stereocenters. The molecule has 0 aliphatic carbocycles. The van der Waals surface area contributed by atoms with Crippen molar-refractivity contribution >= 4 is 0 Å². The second-order valence-corrected chi connectivity index (χ2v) is 5.68. The number of nitriles is 1. The van der Waals surface area contributed by atoms with Crippen molar-refractivity contribution in [3.8, 4) is 11.8 Å². The number of fused-ring (bicyclic) bond motifs is 1. The molecule has 22 heavy (non-hydrogen) atoms. The molecule has 0 radical (unpaired) electrons. The van der Waals surface area contributed by atoms with Gasteiger partial charge < -0.3 is 14.6 Å². The summed E-state index contributed by atoms with van der Waals surface area (Å²) in [5, 5.41) is 12.6. The van der Waals surface area contributed by atoms with Gasteiger partial charge in [-0.15, -0.1) is 0 Å². The first-order valence-electron chi connectivity index (χ1n) is 7.58. The van der Waals surface area contributed by atoms with Crippen molar-refractivity contribution in [3.05, 3.63) is 47.5 Å². The number of rotatable bonds is 5. The van der Waals surface area contributed by atoms with Crippen LogP contribution in [0.25, 0.3) is 0 Å². The maximum Gasteiger partial charge on any atom is 0.136 e. The number of nitrogens with one attached hydrogen (secondary N) is 1. The third kappa shape index (κ3) is 3.12. The summed E-state index contributed by atoms with van der Waals surface area (Å²) in [4.78, 5) is 4.35. The van der Waals surface area contributed by atoms with Gasteiger partial charge in [0.15, 0.2) is 0 Å². The maximum absolute atomic E-state index is 9.12. The Morgan fingerprint density at radius 2 is 2.41 bits per heavy atom. The van der Waals surface area contributed by atoms with Gasteiger partial charge in [0.05, 0.1) is 12.7 Å². The van der Waals surface area contributed by atoms with E-state index in [1.54, 1.807) is 7.11 Å². The van der Waals surface area contributed by atoms with Gasteiger partial charge >= 0.3 is 0 Å². The minimum atomic E-state index is 0.586. The van der Waals surface area contributed by atoms with Crippen LogP contribution < -0.4 is 10.1 Å². The lowest BCUT2D eigenvalue weighted by molar-refractivity contribution is 0.347. The zero-order valence-electron chi connectivity index (χ0n) is 12.7. The highest BCUT2D eigenvalue weighted by molar-refractivity contribution is 5.45. The molecule has 0 amide bonds. The zero-order valence-corrected chi connectivity index (χ0v) is 12.7. The van der Waals surface area contributed by atoms with Crippen LogP contribution in [0.1, 0.15) is 23.4 Å². The van der Waals surface area contributed by atoms with Crippen molar-refractivity contribution in [2.45, 2.75) is 25.9 Å². The zero-order chi connectivity index (χ0) is 15.4. The molecule has 0 fully saturated rings. The monoisotopic (exact) mass is 296 g/mol. The first-order valence-corrected chi connectivity index (χ1v) is 7.58. The van der Waals surface area contributed by atoms with Crippen LogP contribution in [0.3, 0.4) is 0 Å². The molecule has 0 bridgehead atoms. The Kier molecular flexibility index (Phi) is 4.40. The van der Waals surface area contributed by atoms with Crippen molar-refractivity contribution in [2.24, 2.45) is 5.92 Å². The predicted octanol–water partition coefficient (Wildman–Crippen LogP) is 2.12. The minimum absolute atomic E-state index is 0.586. The Hall–Kier alpha value is -2.32. The van der Waals surface area contributed by atoms with Crippen LogP contribution in [0.2, 0.25) is 0 Å². The topological polar surface area (TPSA) is 62.9 Å². The summed E-state index contributed by atoms with van der Waals surface area (Å²) in [6.45, 7) is 2.78. The van der Waals surface area contributed by atoms with E-state index in [1.807, 2.05) is 24.4 Å². The Morgan fingerprint density at radius 3 is 3.23 bits per heavy atom. The molecule has 1 aromatic heterocycles. The Bertz CT molecular complexity index is 686. The Balaban J connectivity index is 1.53. The number of methoxy groups -OCH3 is 1. The quantitative estimate of drug-likeness (QED) is 0.918. The highest BCUT2D eigenvalue weighted by Crippen LogP contribution is 2.20. The number of hydrogen-bond donors (Lipinski definition) is 1. The van der Waals surface area contributed by atoms with Gasteiger partial charge in [-0.25, -0.2) is 4.98 Å². The summed E-state index contributed by atoms with van der Waals surface area (Å²) < 4.78 is 7.41. The lowest BCUT2D eigenvalue weighted by Gasteiger charge is -2.24. The number of nitrogens with zero attached hydrogens (tertiary/aromatic N) is 3. The molecular formula is C17H20N4O. The molecule has 0 saturated carbocycles. The molecule has 1 aliphatic heterocycles. The highest BCUT2D eigenvalue weighted by Gasteiger charge is 2.18. The third-order valence-electron chi connectivity index (χ3n) is 4.18. The molecule has 1 N–H and O–H groups in total. The molecule has 0 spiro atoms. The second kappa shape index (κ2) is 6.63. The molecule has 2 heterocycles. The molecule has 114 valence electrons. The molecule has 0 saturated heterocycles. The van der Waals surface area contributed by atoms with E-state index in [0.717, 1.165) is 31.6 Å². The first-order chi connectivity index (χ1) is 10.8. The average molecular weight is 296 g/mol. The fraction of sp³-hybridized carbons (Fsp3) is 0.412. The standard InChI is InChI=1S/C17H20N4O/c1-22-16-4-2-13(8-15(16)9-18)10-19-11-14-3-5-17-20-6-7-21(17)12-14/h2,4,6-8,14,19H,3,5,10-12H2,1H3/t14-/m1/s1. The van der Waals surface area contributed by atoms with Gasteiger partial charge in [0.25, 0.3) is 0 Å². The van der Waals surface area contributed by atoms with Gasteiger partial charge in [-0.05, 0) is 36.6 Å². The molecular weight excluding hydrogens is 276 g/mol. The summed E-state index contributed by atoms with van der Waals surface area (Å²) in [7, 11) is 1.58. The van der Waals surface area contributed by atoms with Gasteiger partial charge in [0.2, 0.25) is 0 Å². The smallest absolute Gasteiger partial charge is 0.136 e. The SMILES string of the molecule is COc1ccc(CNC[C@H]2CCc3nccn3C2)cc1C#N. The van der Waals surface area contributed by atoms with E-state index >= 15 is 0 Å². The van der Waals surface area contributed by atoms with Crippen LogP contribution in [0.5, 0.6) is 5.75 Å². The molecule has 5 heteroatoms. The normalized spacial score (nSPS) is 16.8. The van der Waals surface area contributed by atoms with Crippen LogP contribution >= 0.6 is 0 Å². The third-order valence-corrected chi connectivity index (χ3v) is 4.18. The molecule has 1 aliphatic rings. The van der Waals surface area contributed by atoms with E-state index < -0.39 is 0 Å². The van der Waals surface area contributed by atoms with E-state index in [4.69, 9.17) is 10.00 Å². The van der Waals surface area contributed by atoms with Gasteiger partial charge in [0.1, 0.15) is 17.6 Å². The fourth-order valence-electron chi connectivity index (χ4n) is 2.98. The van der Waals surface area contributed by atoms with Gasteiger partial charge in [-0.1, -0.05) is 6.07 Å². The number of aromatic nitrogens is 2. The van der Waals surface area contributed by atoms with Crippen LogP contribution in [-0.2, 0) is 19.5 Å². The van der Waals surface area contributed by atoms with Crippen molar-refractivity contribution in [2.75, 3.05) is 13.7 Å². The lowest BCUT2D eigenvalue weighted by Crippen LogP contribution is -2.29. The molecule has 3 rings (SSSR count). The number of imidazole rings is 1. The summed E-state index contributed by atoms with van der Waals surface area (Å²) in [6.07, 6.45) is 6.17. The van der Waals surface area contributed by atoms with Gasteiger partial charge in [0, 0.05) is 31.9 Å². The molecule has 1 atom stereocenters. The van der Waals surface area contributed by atoms with Crippen LogP contribution in [0, 0.1) is 17.2 Å². The highest BCUT2D eigenvalue weighted by atomic mass is 16.5. The summed E-state index contributed by atoms with van der Waals surface area (Å²) in [6, 6.07) is 7.92. The summed E-state index contributed by atoms with van der Waals surface area (Å²) in [5.41, 5.74) is 1.69. The summed E-state index contributed by atoms with van der Waals surface area (Å²) >= 11 is 0. The summed E-state index contributed by atoms with van der Waals surface area (Å²) in [5.74, 6) is 2.46. The van der Waals surface area contributed by atoms with Crippen LogP contribution in [-0.4, -0.2) is 23.2 Å². The van der Waals surface area contributed by atoms with Crippen LogP contribution in [0.4, 0.5) is 0 Å². The van der Waals surface area contributed by atoms with E-state index in [-0.39, 0.29) is 0 Å². The van der Waals surface area contributed by atoms with Crippen molar-refractivity contribution < 1.29 is 4.74 Å². The van der Waals surface area contributed by atoms with E-state index in [0.29, 0.717) is 17.2 Å². The van der Waals surface area contributed by atoms with E-state index in [2.05, 4.69) is 27.1 Å². The number of benzene rings is 1. The number of ether oxygens (including phenoxy) is 1. The van der Waals surface area contributed by atoms with Crippen molar-refractivity contribution in [3.63, 3.8) is 0 Å². The van der Waals surface area contributed by atoms with Crippen LogP contribution in [0.15, 0.2) is 30.6 Å². The van der Waals surface area contributed by atoms with E-state index in [1.165, 1.54) is 12.2 Å². The van der Waals surface area contributed by atoms with E-state index in [9.17, 15) is 0 Å². The average Bonchev–Trinajstić information content (AvgIpc) is 3.02. The van der Waals surface area contributed by atoms with Crippen molar-refractivity contribution in [1.29, 1.82) is 5.26 Å². The lowest BCUT2D eigenvalue weighted by atomic mass is 9.99. The number of aryl methyl sites for hydroxylation is 1. The van der Waals surface area contributed by atoms with Crippen molar-refractivity contribution in [1.82, 2.24) is 14.9 Å². The predicted molar refractivity (Wildman–Crippen MR) is 83.5 cm³/mol. The Labute approximate surface area is 130 Å². The first kappa shape index (κ1) is 14.6. The second-order valence-electron chi connectivity index (χ2n) is 5.68.